The summed E-state index contributed by atoms with van der Waals surface area (Å²) in [5.74, 6) is 1.14. The van der Waals surface area contributed by atoms with Crippen LogP contribution < -0.4 is 5.32 Å². The minimum atomic E-state index is 0.152. The quantitative estimate of drug-likeness (QED) is 0.936. The first-order valence-corrected chi connectivity index (χ1v) is 7.51. The lowest BCUT2D eigenvalue weighted by Crippen LogP contribution is -2.31. The van der Waals surface area contributed by atoms with E-state index in [0.29, 0.717) is 6.04 Å². The number of aryl methyl sites for hydroxylation is 1. The van der Waals surface area contributed by atoms with E-state index in [1.54, 1.807) is 0 Å². The molecule has 1 fully saturated rings. The highest BCUT2D eigenvalue weighted by atomic mass is 15.1. The van der Waals surface area contributed by atoms with Crippen molar-refractivity contribution in [3.8, 4) is 11.8 Å². The first kappa shape index (κ1) is 13.8. The molecule has 3 rings (SSSR count). The van der Waals surface area contributed by atoms with Gasteiger partial charge in [-0.05, 0) is 31.9 Å². The van der Waals surface area contributed by atoms with Crippen LogP contribution in [0.3, 0.4) is 0 Å². The third kappa shape index (κ3) is 2.84. The fourth-order valence-corrected chi connectivity index (χ4v) is 3.14. The van der Waals surface area contributed by atoms with Gasteiger partial charge in [0.15, 0.2) is 0 Å². The van der Waals surface area contributed by atoms with E-state index in [1.165, 1.54) is 0 Å². The Hall–Kier alpha value is -2.12. The molecule has 1 aromatic heterocycles. The molecule has 2 unspecified atom stereocenters. The summed E-state index contributed by atoms with van der Waals surface area (Å²) in [6, 6.07) is 13.0. The maximum absolute atomic E-state index is 9.16. The normalized spacial score (nSPS) is 21.3. The Morgan fingerprint density at radius 2 is 2.14 bits per heavy atom. The van der Waals surface area contributed by atoms with Gasteiger partial charge in [0, 0.05) is 18.3 Å². The van der Waals surface area contributed by atoms with Crippen molar-refractivity contribution in [1.82, 2.24) is 14.9 Å². The van der Waals surface area contributed by atoms with Crippen LogP contribution in [-0.2, 0) is 6.54 Å². The number of benzene rings is 1. The summed E-state index contributed by atoms with van der Waals surface area (Å²) in [6.45, 7) is 2.77. The molecule has 1 saturated carbocycles. The second kappa shape index (κ2) is 6.11. The highest BCUT2D eigenvalue weighted by Crippen LogP contribution is 2.25. The van der Waals surface area contributed by atoms with E-state index in [4.69, 9.17) is 5.26 Å². The Morgan fingerprint density at radius 3 is 2.90 bits per heavy atom. The van der Waals surface area contributed by atoms with Crippen LogP contribution in [0.5, 0.6) is 0 Å². The number of hydrogen-bond donors (Lipinski definition) is 1. The summed E-state index contributed by atoms with van der Waals surface area (Å²) >= 11 is 0. The Bertz CT molecular complexity index is 639. The van der Waals surface area contributed by atoms with Gasteiger partial charge in [-0.3, -0.25) is 4.57 Å². The van der Waals surface area contributed by atoms with Gasteiger partial charge in [-0.15, -0.1) is 0 Å². The number of nitrogens with zero attached hydrogens (tertiary/aromatic N) is 3. The van der Waals surface area contributed by atoms with Crippen molar-refractivity contribution in [3.05, 3.63) is 48.0 Å². The molecule has 2 aromatic rings. The smallest absolute Gasteiger partial charge is 0.110 e. The first-order chi connectivity index (χ1) is 10.3. The van der Waals surface area contributed by atoms with E-state index in [0.717, 1.165) is 43.0 Å². The van der Waals surface area contributed by atoms with Gasteiger partial charge >= 0.3 is 0 Å². The van der Waals surface area contributed by atoms with Gasteiger partial charge in [0.25, 0.3) is 0 Å². The van der Waals surface area contributed by atoms with Crippen molar-refractivity contribution >= 4 is 0 Å². The molecule has 1 N–H and O–H groups in total. The third-order valence-corrected chi connectivity index (χ3v) is 4.25. The molecule has 1 aromatic carbocycles. The zero-order valence-electron chi connectivity index (χ0n) is 12.3. The lowest BCUT2D eigenvalue weighted by Gasteiger charge is -2.17. The standard InChI is InChI=1S/C17H20N4/c1-13-19-11-16(21(13)15-7-3-2-4-8-15)12-20-17-9-5-6-14(17)10-18/h2-4,7-8,11,14,17,20H,5-6,9,12H2,1H3. The minimum absolute atomic E-state index is 0.152. The molecule has 4 heteroatoms. The number of nitriles is 1. The lowest BCUT2D eigenvalue weighted by molar-refractivity contribution is 0.459. The zero-order chi connectivity index (χ0) is 14.7. The van der Waals surface area contributed by atoms with Gasteiger partial charge in [0.1, 0.15) is 5.82 Å². The number of nitrogens with one attached hydrogen (secondary N) is 1. The first-order valence-electron chi connectivity index (χ1n) is 7.51. The number of para-hydroxylation sites is 1. The topological polar surface area (TPSA) is 53.6 Å². The average Bonchev–Trinajstić information content (AvgIpc) is 3.12. The highest BCUT2D eigenvalue weighted by Gasteiger charge is 2.26. The highest BCUT2D eigenvalue weighted by molar-refractivity contribution is 5.35. The fraction of sp³-hybridized carbons (Fsp3) is 0.412. The maximum Gasteiger partial charge on any atom is 0.110 e. The second-order valence-corrected chi connectivity index (χ2v) is 5.62. The van der Waals surface area contributed by atoms with Crippen LogP contribution in [-0.4, -0.2) is 15.6 Å². The van der Waals surface area contributed by atoms with Gasteiger partial charge in [-0.2, -0.15) is 5.26 Å². The van der Waals surface area contributed by atoms with Crippen molar-refractivity contribution in [2.45, 2.75) is 38.8 Å². The Labute approximate surface area is 125 Å². The fourth-order valence-electron chi connectivity index (χ4n) is 3.14. The molecule has 1 heterocycles. The van der Waals surface area contributed by atoms with E-state index in [1.807, 2.05) is 31.3 Å². The maximum atomic E-state index is 9.16. The SMILES string of the molecule is Cc1ncc(CNC2CCCC2C#N)n1-c1ccccc1. The van der Waals surface area contributed by atoms with Gasteiger partial charge in [-0.1, -0.05) is 24.6 Å². The summed E-state index contributed by atoms with van der Waals surface area (Å²) in [5.41, 5.74) is 2.27. The summed E-state index contributed by atoms with van der Waals surface area (Å²) in [5, 5.41) is 12.7. The van der Waals surface area contributed by atoms with E-state index < -0.39 is 0 Å². The van der Waals surface area contributed by atoms with Crippen molar-refractivity contribution in [3.63, 3.8) is 0 Å². The molecule has 0 spiro atoms. The molecule has 1 aliphatic carbocycles. The molecule has 0 amide bonds. The van der Waals surface area contributed by atoms with Crippen LogP contribution in [0.25, 0.3) is 5.69 Å². The van der Waals surface area contributed by atoms with E-state index in [-0.39, 0.29) is 5.92 Å². The van der Waals surface area contributed by atoms with Crippen molar-refractivity contribution in [1.29, 1.82) is 5.26 Å². The molecule has 1 aliphatic rings. The average molecular weight is 280 g/mol. The number of imidazole rings is 1. The molecule has 21 heavy (non-hydrogen) atoms. The van der Waals surface area contributed by atoms with Gasteiger partial charge in [0.2, 0.25) is 0 Å². The third-order valence-electron chi connectivity index (χ3n) is 4.25. The van der Waals surface area contributed by atoms with Gasteiger partial charge in [-0.25, -0.2) is 4.98 Å². The molecule has 2 atom stereocenters. The minimum Gasteiger partial charge on any atom is -0.307 e. The predicted molar refractivity (Wildman–Crippen MR) is 81.9 cm³/mol. The van der Waals surface area contributed by atoms with Crippen LogP contribution in [0.15, 0.2) is 36.5 Å². The van der Waals surface area contributed by atoms with Crippen molar-refractivity contribution in [2.24, 2.45) is 5.92 Å². The molecule has 108 valence electrons. The van der Waals surface area contributed by atoms with Crippen LogP contribution in [0.2, 0.25) is 0 Å². The predicted octanol–water partition coefficient (Wildman–Crippen LogP) is 2.96. The van der Waals surface area contributed by atoms with Crippen molar-refractivity contribution < 1.29 is 0 Å². The zero-order valence-corrected chi connectivity index (χ0v) is 12.3. The van der Waals surface area contributed by atoms with Crippen LogP contribution in [0.1, 0.15) is 30.8 Å². The number of hydrogen-bond acceptors (Lipinski definition) is 3. The second-order valence-electron chi connectivity index (χ2n) is 5.62. The lowest BCUT2D eigenvalue weighted by atomic mass is 10.1. The van der Waals surface area contributed by atoms with E-state index >= 15 is 0 Å². The van der Waals surface area contributed by atoms with Crippen LogP contribution in [0, 0.1) is 24.2 Å². The summed E-state index contributed by atoms with van der Waals surface area (Å²) < 4.78 is 2.17. The summed E-state index contributed by atoms with van der Waals surface area (Å²) in [4.78, 5) is 4.44. The Kier molecular flexibility index (Phi) is 4.03. The van der Waals surface area contributed by atoms with Gasteiger partial charge in [0.05, 0.1) is 23.9 Å². The molecule has 0 radical (unpaired) electrons. The molecule has 0 bridgehead atoms. The van der Waals surface area contributed by atoms with Crippen LogP contribution in [0.4, 0.5) is 0 Å². The molecule has 4 nitrogen and oxygen atoms in total. The van der Waals surface area contributed by atoms with E-state index in [9.17, 15) is 0 Å². The monoisotopic (exact) mass is 280 g/mol. The van der Waals surface area contributed by atoms with E-state index in [2.05, 4.69) is 33.1 Å². The summed E-state index contributed by atoms with van der Waals surface area (Å²) in [7, 11) is 0. The molecule has 0 aliphatic heterocycles. The number of aromatic nitrogens is 2. The summed E-state index contributed by atoms with van der Waals surface area (Å²) in [6.07, 6.45) is 5.18. The van der Waals surface area contributed by atoms with Crippen molar-refractivity contribution in [2.75, 3.05) is 0 Å². The Balaban J connectivity index is 1.77. The largest absolute Gasteiger partial charge is 0.307 e. The molecular weight excluding hydrogens is 260 g/mol. The van der Waals surface area contributed by atoms with Gasteiger partial charge < -0.3 is 5.32 Å². The Morgan fingerprint density at radius 1 is 1.33 bits per heavy atom. The molecule has 0 saturated heterocycles. The van der Waals surface area contributed by atoms with Crippen LogP contribution >= 0.6 is 0 Å². The molecular formula is C17H20N4. The number of rotatable bonds is 4.